The SMILES string of the molecule is O=C1NCCCCC1NCc1cccc(F)c1. The zero-order valence-electron chi connectivity index (χ0n) is 9.71. The van der Waals surface area contributed by atoms with Gasteiger partial charge in [0.1, 0.15) is 5.82 Å². The predicted molar refractivity (Wildman–Crippen MR) is 63.9 cm³/mol. The first-order valence-corrected chi connectivity index (χ1v) is 6.01. The van der Waals surface area contributed by atoms with E-state index in [1.54, 1.807) is 6.07 Å². The lowest BCUT2D eigenvalue weighted by atomic mass is 10.1. The topological polar surface area (TPSA) is 41.1 Å². The average molecular weight is 236 g/mol. The standard InChI is InChI=1S/C13H17FN2O/c14-11-5-3-4-10(8-11)9-16-12-6-1-2-7-15-13(12)17/h3-5,8,12,16H,1-2,6-7,9H2,(H,15,17). The molecule has 1 aromatic carbocycles. The van der Waals surface area contributed by atoms with Crippen LogP contribution in [0, 0.1) is 5.82 Å². The number of carbonyl (C=O) groups is 1. The fraction of sp³-hybridized carbons (Fsp3) is 0.462. The van der Waals surface area contributed by atoms with Crippen LogP contribution in [0.3, 0.4) is 0 Å². The lowest BCUT2D eigenvalue weighted by molar-refractivity contribution is -0.122. The molecule has 17 heavy (non-hydrogen) atoms. The number of rotatable bonds is 3. The molecule has 2 rings (SSSR count). The molecule has 0 saturated carbocycles. The summed E-state index contributed by atoms with van der Waals surface area (Å²) < 4.78 is 13.0. The van der Waals surface area contributed by atoms with Gasteiger partial charge >= 0.3 is 0 Å². The fourth-order valence-corrected chi connectivity index (χ4v) is 2.02. The molecule has 1 amide bonds. The van der Waals surface area contributed by atoms with Crippen molar-refractivity contribution in [1.29, 1.82) is 0 Å². The molecule has 3 nitrogen and oxygen atoms in total. The van der Waals surface area contributed by atoms with E-state index < -0.39 is 0 Å². The fourth-order valence-electron chi connectivity index (χ4n) is 2.02. The van der Waals surface area contributed by atoms with Gasteiger partial charge in [-0.2, -0.15) is 0 Å². The summed E-state index contributed by atoms with van der Waals surface area (Å²) in [6, 6.07) is 6.29. The minimum atomic E-state index is -0.241. The highest BCUT2D eigenvalue weighted by Crippen LogP contribution is 2.08. The molecule has 1 saturated heterocycles. The molecule has 2 N–H and O–H groups in total. The number of halogens is 1. The molecular weight excluding hydrogens is 219 g/mol. The van der Waals surface area contributed by atoms with Gasteiger partial charge in [0.25, 0.3) is 0 Å². The summed E-state index contributed by atoms with van der Waals surface area (Å²) in [5.74, 6) is -0.187. The number of nitrogens with one attached hydrogen (secondary N) is 2. The van der Waals surface area contributed by atoms with Crippen LogP contribution in [0.4, 0.5) is 4.39 Å². The van der Waals surface area contributed by atoms with Crippen LogP contribution >= 0.6 is 0 Å². The van der Waals surface area contributed by atoms with Gasteiger partial charge in [-0.15, -0.1) is 0 Å². The maximum absolute atomic E-state index is 13.0. The molecule has 0 aliphatic carbocycles. The molecule has 1 aliphatic heterocycles. The van der Waals surface area contributed by atoms with E-state index in [4.69, 9.17) is 0 Å². The summed E-state index contributed by atoms with van der Waals surface area (Å²) in [5, 5.41) is 6.04. The van der Waals surface area contributed by atoms with Crippen molar-refractivity contribution in [3.8, 4) is 0 Å². The molecule has 0 bridgehead atoms. The Bertz CT molecular complexity index is 395. The van der Waals surface area contributed by atoms with Crippen LogP contribution in [0.2, 0.25) is 0 Å². The van der Waals surface area contributed by atoms with Gasteiger partial charge in [-0.3, -0.25) is 4.79 Å². The Labute approximate surface area is 100 Å². The third kappa shape index (κ3) is 3.53. The molecule has 1 unspecified atom stereocenters. The maximum atomic E-state index is 13.0. The highest BCUT2D eigenvalue weighted by molar-refractivity contribution is 5.81. The molecule has 1 aliphatic rings. The van der Waals surface area contributed by atoms with Gasteiger partial charge in [-0.25, -0.2) is 4.39 Å². The Balaban J connectivity index is 1.90. The van der Waals surface area contributed by atoms with Crippen LogP contribution in [-0.2, 0) is 11.3 Å². The van der Waals surface area contributed by atoms with E-state index in [0.29, 0.717) is 6.54 Å². The molecular formula is C13H17FN2O. The summed E-state index contributed by atoms with van der Waals surface area (Å²) in [6.07, 6.45) is 2.92. The zero-order chi connectivity index (χ0) is 12.1. The quantitative estimate of drug-likeness (QED) is 0.836. The molecule has 1 aromatic rings. The molecule has 1 atom stereocenters. The van der Waals surface area contributed by atoms with Crippen molar-refractivity contribution >= 4 is 5.91 Å². The van der Waals surface area contributed by atoms with Crippen LogP contribution in [0.15, 0.2) is 24.3 Å². The van der Waals surface area contributed by atoms with Crippen LogP contribution < -0.4 is 10.6 Å². The second kappa shape index (κ2) is 5.77. The van der Waals surface area contributed by atoms with Crippen molar-refractivity contribution < 1.29 is 9.18 Å². The molecule has 92 valence electrons. The molecule has 4 heteroatoms. The van der Waals surface area contributed by atoms with Crippen molar-refractivity contribution in [3.05, 3.63) is 35.6 Å². The molecule has 1 heterocycles. The van der Waals surface area contributed by atoms with Gasteiger partial charge < -0.3 is 10.6 Å². The van der Waals surface area contributed by atoms with Gasteiger partial charge in [-0.05, 0) is 37.0 Å². The van der Waals surface area contributed by atoms with Crippen LogP contribution in [0.5, 0.6) is 0 Å². The van der Waals surface area contributed by atoms with Crippen LogP contribution in [0.1, 0.15) is 24.8 Å². The Hall–Kier alpha value is -1.42. The van der Waals surface area contributed by atoms with E-state index in [2.05, 4.69) is 10.6 Å². The molecule has 1 fully saturated rings. The highest BCUT2D eigenvalue weighted by atomic mass is 19.1. The third-order valence-electron chi connectivity index (χ3n) is 2.98. The van der Waals surface area contributed by atoms with Gasteiger partial charge in [0.2, 0.25) is 5.91 Å². The van der Waals surface area contributed by atoms with Crippen LogP contribution in [-0.4, -0.2) is 18.5 Å². The second-order valence-electron chi connectivity index (χ2n) is 4.35. The van der Waals surface area contributed by atoms with E-state index in [-0.39, 0.29) is 17.8 Å². The maximum Gasteiger partial charge on any atom is 0.237 e. The van der Waals surface area contributed by atoms with E-state index in [1.807, 2.05) is 6.07 Å². The molecule has 0 spiro atoms. The lowest BCUT2D eigenvalue weighted by Crippen LogP contribution is -2.42. The first kappa shape index (κ1) is 12.0. The second-order valence-corrected chi connectivity index (χ2v) is 4.35. The highest BCUT2D eigenvalue weighted by Gasteiger charge is 2.19. The predicted octanol–water partition coefficient (Wildman–Crippen LogP) is 1.58. The van der Waals surface area contributed by atoms with Crippen molar-refractivity contribution in [2.45, 2.75) is 31.8 Å². The zero-order valence-corrected chi connectivity index (χ0v) is 9.71. The summed E-state index contributed by atoms with van der Waals surface area (Å²) in [4.78, 5) is 11.7. The number of amides is 1. The smallest absolute Gasteiger partial charge is 0.237 e. The number of carbonyl (C=O) groups excluding carboxylic acids is 1. The minimum Gasteiger partial charge on any atom is -0.355 e. The van der Waals surface area contributed by atoms with E-state index in [0.717, 1.165) is 31.4 Å². The third-order valence-corrected chi connectivity index (χ3v) is 2.98. The van der Waals surface area contributed by atoms with E-state index >= 15 is 0 Å². The van der Waals surface area contributed by atoms with Crippen molar-refractivity contribution in [2.24, 2.45) is 0 Å². The number of hydrogen-bond donors (Lipinski definition) is 2. The number of benzene rings is 1. The Morgan fingerprint density at radius 2 is 2.29 bits per heavy atom. The van der Waals surface area contributed by atoms with Crippen molar-refractivity contribution in [1.82, 2.24) is 10.6 Å². The van der Waals surface area contributed by atoms with E-state index in [9.17, 15) is 9.18 Å². The van der Waals surface area contributed by atoms with Gasteiger partial charge in [-0.1, -0.05) is 12.1 Å². The average Bonchev–Trinajstić information content (AvgIpc) is 2.52. The number of hydrogen-bond acceptors (Lipinski definition) is 2. The van der Waals surface area contributed by atoms with Gasteiger partial charge in [0.05, 0.1) is 6.04 Å². The van der Waals surface area contributed by atoms with Crippen molar-refractivity contribution in [3.63, 3.8) is 0 Å². The first-order valence-electron chi connectivity index (χ1n) is 6.01. The Morgan fingerprint density at radius 1 is 1.41 bits per heavy atom. The lowest BCUT2D eigenvalue weighted by Gasteiger charge is -2.15. The van der Waals surface area contributed by atoms with Gasteiger partial charge in [0, 0.05) is 13.1 Å². The molecule has 0 aromatic heterocycles. The van der Waals surface area contributed by atoms with Gasteiger partial charge in [0.15, 0.2) is 0 Å². The normalized spacial score (nSPS) is 20.8. The summed E-state index contributed by atoms with van der Waals surface area (Å²) >= 11 is 0. The Kier molecular flexibility index (Phi) is 4.09. The van der Waals surface area contributed by atoms with E-state index in [1.165, 1.54) is 12.1 Å². The minimum absolute atomic E-state index is 0.0545. The Morgan fingerprint density at radius 3 is 3.12 bits per heavy atom. The summed E-state index contributed by atoms with van der Waals surface area (Å²) in [6.45, 7) is 1.28. The molecule has 0 radical (unpaired) electrons. The summed E-state index contributed by atoms with van der Waals surface area (Å²) in [5.41, 5.74) is 0.863. The largest absolute Gasteiger partial charge is 0.355 e. The van der Waals surface area contributed by atoms with Crippen LogP contribution in [0.25, 0.3) is 0 Å². The monoisotopic (exact) mass is 236 g/mol. The van der Waals surface area contributed by atoms with Crippen molar-refractivity contribution in [2.75, 3.05) is 6.54 Å². The summed E-state index contributed by atoms with van der Waals surface area (Å²) in [7, 11) is 0. The first-order chi connectivity index (χ1) is 8.25.